The van der Waals surface area contributed by atoms with Crippen molar-refractivity contribution in [3.05, 3.63) is 22.7 Å². The van der Waals surface area contributed by atoms with Gasteiger partial charge in [-0.05, 0) is 31.4 Å². The van der Waals surface area contributed by atoms with Crippen LogP contribution in [0.1, 0.15) is 18.4 Å². The smallest absolute Gasteiger partial charge is 0.220 e. The van der Waals surface area contributed by atoms with Gasteiger partial charge in [-0.1, -0.05) is 29.0 Å². The third-order valence-corrected chi connectivity index (χ3v) is 5.43. The number of fused-ring (bicyclic) bond motifs is 1. The lowest BCUT2D eigenvalue weighted by Gasteiger charge is -2.30. The van der Waals surface area contributed by atoms with Gasteiger partial charge in [0.05, 0.1) is 15.2 Å². The molecule has 1 aromatic carbocycles. The molecule has 0 spiro atoms. The number of thiazole rings is 1. The molecule has 1 aromatic heterocycles. The van der Waals surface area contributed by atoms with E-state index in [-0.39, 0.29) is 11.8 Å². The maximum Gasteiger partial charge on any atom is 0.220 e. The van der Waals surface area contributed by atoms with Crippen molar-refractivity contribution in [2.45, 2.75) is 19.8 Å². The molecule has 1 aliphatic heterocycles. The number of piperidine rings is 1. The van der Waals surface area contributed by atoms with Crippen molar-refractivity contribution in [2.24, 2.45) is 11.7 Å². The SMILES string of the molecule is Cc1ccc(Cl)c2sc(N3CCC(C(N)=O)CC3)nc12. The first-order valence-electron chi connectivity index (χ1n) is 6.66. The third-order valence-electron chi connectivity index (χ3n) is 3.85. The lowest BCUT2D eigenvalue weighted by molar-refractivity contribution is -0.122. The summed E-state index contributed by atoms with van der Waals surface area (Å²) in [5, 5.41) is 1.74. The molecular formula is C14H16ClN3OS. The topological polar surface area (TPSA) is 59.2 Å². The molecule has 1 aliphatic rings. The highest BCUT2D eigenvalue weighted by molar-refractivity contribution is 7.22. The fourth-order valence-electron chi connectivity index (χ4n) is 2.58. The number of benzene rings is 1. The average molecular weight is 310 g/mol. The Bertz CT molecular complexity index is 623. The molecule has 0 bridgehead atoms. The number of aryl methyl sites for hydroxylation is 1. The molecule has 1 saturated heterocycles. The highest BCUT2D eigenvalue weighted by Gasteiger charge is 2.25. The van der Waals surface area contributed by atoms with Crippen molar-refractivity contribution < 1.29 is 4.79 Å². The Morgan fingerprint density at radius 3 is 2.75 bits per heavy atom. The summed E-state index contributed by atoms with van der Waals surface area (Å²) in [7, 11) is 0. The summed E-state index contributed by atoms with van der Waals surface area (Å²) in [6.45, 7) is 3.69. The molecule has 2 N–H and O–H groups in total. The number of nitrogens with two attached hydrogens (primary N) is 1. The minimum atomic E-state index is -0.187. The number of hydrogen-bond acceptors (Lipinski definition) is 4. The summed E-state index contributed by atoms with van der Waals surface area (Å²) in [4.78, 5) is 18.1. The van der Waals surface area contributed by atoms with Gasteiger partial charge in [0.15, 0.2) is 5.13 Å². The second kappa shape index (κ2) is 5.22. The predicted octanol–water partition coefficient (Wildman–Crippen LogP) is 2.96. The Kier molecular flexibility index (Phi) is 3.56. The zero-order valence-electron chi connectivity index (χ0n) is 11.2. The number of carbonyl (C=O) groups is 1. The van der Waals surface area contributed by atoms with Gasteiger partial charge in [0.2, 0.25) is 5.91 Å². The van der Waals surface area contributed by atoms with Gasteiger partial charge in [0.25, 0.3) is 0 Å². The van der Waals surface area contributed by atoms with Gasteiger partial charge < -0.3 is 10.6 Å². The summed E-state index contributed by atoms with van der Waals surface area (Å²) in [5.41, 5.74) is 7.48. The van der Waals surface area contributed by atoms with Gasteiger partial charge in [-0.2, -0.15) is 0 Å². The number of halogens is 1. The van der Waals surface area contributed by atoms with Crippen LogP contribution in [0.25, 0.3) is 10.2 Å². The number of primary amides is 1. The molecule has 3 rings (SSSR count). The second-order valence-corrected chi connectivity index (χ2v) is 6.59. The summed E-state index contributed by atoms with van der Waals surface area (Å²) in [6.07, 6.45) is 1.61. The van der Waals surface area contributed by atoms with E-state index in [9.17, 15) is 4.79 Å². The third kappa shape index (κ3) is 2.36. The van der Waals surface area contributed by atoms with E-state index in [2.05, 4.69) is 4.90 Å². The van der Waals surface area contributed by atoms with Crippen molar-refractivity contribution in [1.82, 2.24) is 4.98 Å². The highest BCUT2D eigenvalue weighted by Crippen LogP contribution is 2.36. The van der Waals surface area contributed by atoms with Crippen LogP contribution in [0.4, 0.5) is 5.13 Å². The lowest BCUT2D eigenvalue weighted by atomic mass is 9.97. The minimum Gasteiger partial charge on any atom is -0.369 e. The molecule has 2 aromatic rings. The van der Waals surface area contributed by atoms with Crippen LogP contribution in [0.15, 0.2) is 12.1 Å². The Morgan fingerprint density at radius 2 is 2.15 bits per heavy atom. The summed E-state index contributed by atoms with van der Waals surface area (Å²) in [6, 6.07) is 3.91. The van der Waals surface area contributed by atoms with Crippen LogP contribution < -0.4 is 10.6 Å². The Balaban J connectivity index is 1.87. The number of aromatic nitrogens is 1. The number of nitrogens with zero attached hydrogens (tertiary/aromatic N) is 2. The largest absolute Gasteiger partial charge is 0.369 e. The summed E-state index contributed by atoms with van der Waals surface area (Å²) < 4.78 is 1.04. The van der Waals surface area contributed by atoms with Crippen LogP contribution in [0.5, 0.6) is 0 Å². The number of rotatable bonds is 2. The zero-order valence-corrected chi connectivity index (χ0v) is 12.8. The van der Waals surface area contributed by atoms with Gasteiger partial charge in [-0.3, -0.25) is 4.79 Å². The molecule has 6 heteroatoms. The van der Waals surface area contributed by atoms with Gasteiger partial charge in [0, 0.05) is 19.0 Å². The Labute approximate surface area is 126 Å². The van der Waals surface area contributed by atoms with E-state index in [4.69, 9.17) is 22.3 Å². The van der Waals surface area contributed by atoms with E-state index in [0.717, 1.165) is 51.9 Å². The molecule has 20 heavy (non-hydrogen) atoms. The fraction of sp³-hybridized carbons (Fsp3) is 0.429. The lowest BCUT2D eigenvalue weighted by Crippen LogP contribution is -2.38. The summed E-state index contributed by atoms with van der Waals surface area (Å²) in [5.74, 6) is -0.182. The molecule has 0 aliphatic carbocycles. The number of hydrogen-bond donors (Lipinski definition) is 1. The summed E-state index contributed by atoms with van der Waals surface area (Å²) >= 11 is 7.86. The first kappa shape index (κ1) is 13.6. The predicted molar refractivity (Wildman–Crippen MR) is 83.5 cm³/mol. The first-order chi connectivity index (χ1) is 9.56. The van der Waals surface area contributed by atoms with E-state index in [1.54, 1.807) is 11.3 Å². The molecule has 4 nitrogen and oxygen atoms in total. The number of amides is 1. The molecule has 0 saturated carbocycles. The van der Waals surface area contributed by atoms with Crippen LogP contribution in [-0.4, -0.2) is 24.0 Å². The number of carbonyl (C=O) groups excluding carboxylic acids is 1. The van der Waals surface area contributed by atoms with Gasteiger partial charge in [0.1, 0.15) is 0 Å². The van der Waals surface area contributed by atoms with E-state index in [0.29, 0.717) is 0 Å². The highest BCUT2D eigenvalue weighted by atomic mass is 35.5. The molecule has 106 valence electrons. The van der Waals surface area contributed by atoms with Crippen molar-refractivity contribution >= 4 is 44.2 Å². The van der Waals surface area contributed by atoms with Crippen molar-refractivity contribution in [2.75, 3.05) is 18.0 Å². The molecule has 2 heterocycles. The average Bonchev–Trinajstić information content (AvgIpc) is 2.89. The van der Waals surface area contributed by atoms with Crippen molar-refractivity contribution in [3.8, 4) is 0 Å². The maximum atomic E-state index is 11.2. The normalized spacial score (nSPS) is 16.8. The Morgan fingerprint density at radius 1 is 1.45 bits per heavy atom. The molecule has 1 amide bonds. The van der Waals surface area contributed by atoms with Gasteiger partial charge >= 0.3 is 0 Å². The van der Waals surface area contributed by atoms with Crippen LogP contribution in [0, 0.1) is 12.8 Å². The van der Waals surface area contributed by atoms with E-state index in [1.165, 1.54) is 0 Å². The zero-order chi connectivity index (χ0) is 14.3. The Hall–Kier alpha value is -1.33. The standard InChI is InChI=1S/C14H16ClN3OS/c1-8-2-3-10(15)12-11(8)17-14(20-12)18-6-4-9(5-7-18)13(16)19/h2-3,9H,4-7H2,1H3,(H2,16,19). The van der Waals surface area contributed by atoms with E-state index < -0.39 is 0 Å². The van der Waals surface area contributed by atoms with E-state index >= 15 is 0 Å². The first-order valence-corrected chi connectivity index (χ1v) is 7.85. The van der Waals surface area contributed by atoms with Gasteiger partial charge in [-0.25, -0.2) is 4.98 Å². The molecule has 0 radical (unpaired) electrons. The molecule has 0 atom stereocenters. The van der Waals surface area contributed by atoms with Crippen LogP contribution >= 0.6 is 22.9 Å². The van der Waals surface area contributed by atoms with Crippen LogP contribution in [0.3, 0.4) is 0 Å². The molecule has 1 fully saturated rings. The maximum absolute atomic E-state index is 11.2. The monoisotopic (exact) mass is 309 g/mol. The minimum absolute atomic E-state index is 0.00551. The van der Waals surface area contributed by atoms with Crippen LogP contribution in [0.2, 0.25) is 5.02 Å². The molecule has 0 unspecified atom stereocenters. The van der Waals surface area contributed by atoms with Crippen molar-refractivity contribution in [1.29, 1.82) is 0 Å². The van der Waals surface area contributed by atoms with Crippen LogP contribution in [-0.2, 0) is 4.79 Å². The number of anilines is 1. The fourth-order valence-corrected chi connectivity index (χ4v) is 3.95. The van der Waals surface area contributed by atoms with Gasteiger partial charge in [-0.15, -0.1) is 0 Å². The second-order valence-electron chi connectivity index (χ2n) is 5.20. The van der Waals surface area contributed by atoms with Crippen molar-refractivity contribution in [3.63, 3.8) is 0 Å². The molecular weight excluding hydrogens is 294 g/mol. The quantitative estimate of drug-likeness (QED) is 0.928. The van der Waals surface area contributed by atoms with E-state index in [1.807, 2.05) is 19.1 Å².